The summed E-state index contributed by atoms with van der Waals surface area (Å²) in [6.07, 6.45) is 11.8. The highest BCUT2D eigenvalue weighted by molar-refractivity contribution is 7.98. The second-order valence-corrected chi connectivity index (χ2v) is 11.5. The summed E-state index contributed by atoms with van der Waals surface area (Å²) < 4.78 is 0. The molecule has 1 amide bonds. The van der Waals surface area contributed by atoms with Crippen molar-refractivity contribution in [3.8, 4) is 0 Å². The van der Waals surface area contributed by atoms with E-state index in [-0.39, 0.29) is 5.92 Å². The summed E-state index contributed by atoms with van der Waals surface area (Å²) in [5.41, 5.74) is 8.06. The molecule has 5 unspecified atom stereocenters. The van der Waals surface area contributed by atoms with E-state index in [1.165, 1.54) is 49.8 Å². The molecule has 5 saturated carbocycles. The van der Waals surface area contributed by atoms with Gasteiger partial charge in [0.05, 0.1) is 0 Å². The lowest BCUT2D eigenvalue weighted by molar-refractivity contribution is -0.129. The van der Waals surface area contributed by atoms with Gasteiger partial charge >= 0.3 is 0 Å². The summed E-state index contributed by atoms with van der Waals surface area (Å²) >= 11 is 1.99. The van der Waals surface area contributed by atoms with Gasteiger partial charge in [-0.05, 0) is 104 Å². The molecule has 5 aliphatic carbocycles. The van der Waals surface area contributed by atoms with E-state index < -0.39 is 0 Å². The highest BCUT2D eigenvalue weighted by Crippen LogP contribution is 2.73. The van der Waals surface area contributed by atoms with E-state index in [4.69, 9.17) is 5.73 Å². The van der Waals surface area contributed by atoms with E-state index in [0.717, 1.165) is 19.4 Å². The molecule has 1 aromatic carbocycles. The Morgan fingerprint density at radius 3 is 2.59 bits per heavy atom. The van der Waals surface area contributed by atoms with Crippen molar-refractivity contribution in [2.24, 2.45) is 34.8 Å². The second-order valence-electron chi connectivity index (χ2n) is 10.6. The van der Waals surface area contributed by atoms with Crippen LogP contribution in [-0.4, -0.2) is 30.5 Å². The zero-order valence-corrected chi connectivity index (χ0v) is 18.6. The number of benzene rings is 1. The van der Waals surface area contributed by atoms with E-state index in [1.807, 2.05) is 11.8 Å². The topological polar surface area (TPSA) is 55.1 Å². The van der Waals surface area contributed by atoms with Gasteiger partial charge in [0.2, 0.25) is 5.91 Å². The molecule has 1 aromatic rings. The first-order chi connectivity index (χ1) is 14.1. The molecule has 0 aromatic heterocycles. The predicted octanol–water partition coefficient (Wildman–Crippen LogP) is 4.36. The summed E-state index contributed by atoms with van der Waals surface area (Å²) in [5.74, 6) is 3.63. The third kappa shape index (κ3) is 3.26. The van der Waals surface area contributed by atoms with Crippen LogP contribution in [0.15, 0.2) is 30.3 Å². The average Bonchev–Trinajstić information content (AvgIpc) is 3.10. The standard InChI is InChI=1S/C25H36N2OS/c1-29-16-25-12-18-11-24(15-25,19-5-3-2-4-6-19)13-21(25)22(18)23(28)27-20-9-7-17(14-26)8-10-20/h2-6,17-18,20-22H,7-16,26H2,1H3,(H,27,28). The summed E-state index contributed by atoms with van der Waals surface area (Å²) in [4.78, 5) is 13.5. The Kier molecular flexibility index (Phi) is 5.23. The summed E-state index contributed by atoms with van der Waals surface area (Å²) in [6, 6.07) is 11.6. The van der Waals surface area contributed by atoms with Crippen molar-refractivity contribution in [2.45, 2.75) is 62.8 Å². The van der Waals surface area contributed by atoms with Crippen molar-refractivity contribution in [1.29, 1.82) is 0 Å². The van der Waals surface area contributed by atoms with Crippen LogP contribution in [0.25, 0.3) is 0 Å². The number of thioether (sulfide) groups is 1. The molecule has 5 fully saturated rings. The number of amides is 1. The van der Waals surface area contributed by atoms with Gasteiger partial charge in [0.25, 0.3) is 0 Å². The van der Waals surface area contributed by atoms with Crippen LogP contribution in [0.4, 0.5) is 0 Å². The summed E-state index contributed by atoms with van der Waals surface area (Å²) in [5, 5.41) is 3.50. The predicted molar refractivity (Wildman–Crippen MR) is 121 cm³/mol. The lowest BCUT2D eigenvalue weighted by atomic mass is 9.62. The maximum absolute atomic E-state index is 13.5. The molecule has 4 heteroatoms. The Morgan fingerprint density at radius 1 is 1.14 bits per heavy atom. The molecule has 6 rings (SSSR count). The molecule has 0 aliphatic heterocycles. The normalized spacial score (nSPS) is 42.9. The number of nitrogens with one attached hydrogen (secondary N) is 1. The van der Waals surface area contributed by atoms with Gasteiger partial charge in [-0.15, -0.1) is 0 Å². The number of carbonyl (C=O) groups is 1. The van der Waals surface area contributed by atoms with Gasteiger partial charge in [0, 0.05) is 12.0 Å². The fourth-order valence-electron chi connectivity index (χ4n) is 7.95. The van der Waals surface area contributed by atoms with Crippen LogP contribution in [-0.2, 0) is 10.2 Å². The summed E-state index contributed by atoms with van der Waals surface area (Å²) in [7, 11) is 0. The zero-order valence-electron chi connectivity index (χ0n) is 17.7. The Morgan fingerprint density at radius 2 is 1.90 bits per heavy atom. The van der Waals surface area contributed by atoms with Crippen LogP contribution in [0.2, 0.25) is 0 Å². The van der Waals surface area contributed by atoms with Crippen LogP contribution >= 0.6 is 11.8 Å². The fourth-order valence-corrected chi connectivity index (χ4v) is 8.96. The maximum Gasteiger partial charge on any atom is 0.223 e. The van der Waals surface area contributed by atoms with Crippen LogP contribution in [0.3, 0.4) is 0 Å². The van der Waals surface area contributed by atoms with Gasteiger partial charge in [0.15, 0.2) is 0 Å². The molecule has 29 heavy (non-hydrogen) atoms. The third-order valence-electron chi connectivity index (χ3n) is 9.00. The first-order valence-corrected chi connectivity index (χ1v) is 13.0. The monoisotopic (exact) mass is 412 g/mol. The van der Waals surface area contributed by atoms with Gasteiger partial charge in [-0.25, -0.2) is 0 Å². The lowest BCUT2D eigenvalue weighted by Crippen LogP contribution is -2.46. The first kappa shape index (κ1) is 19.9. The quantitative estimate of drug-likeness (QED) is 0.730. The molecular formula is C25H36N2OS. The van der Waals surface area contributed by atoms with Crippen LogP contribution in [0.5, 0.6) is 0 Å². The molecule has 5 atom stereocenters. The van der Waals surface area contributed by atoms with Gasteiger partial charge in [0.1, 0.15) is 0 Å². The van der Waals surface area contributed by atoms with Crippen molar-refractivity contribution in [3.05, 3.63) is 35.9 Å². The number of rotatable bonds is 6. The number of nitrogens with two attached hydrogens (primary N) is 1. The Balaban J connectivity index is 1.34. The van der Waals surface area contributed by atoms with Gasteiger partial charge in [-0.2, -0.15) is 11.8 Å². The van der Waals surface area contributed by atoms with Crippen molar-refractivity contribution in [2.75, 3.05) is 18.6 Å². The van der Waals surface area contributed by atoms with E-state index in [0.29, 0.717) is 40.5 Å². The maximum atomic E-state index is 13.5. The summed E-state index contributed by atoms with van der Waals surface area (Å²) in [6.45, 7) is 0.798. The highest BCUT2D eigenvalue weighted by atomic mass is 32.2. The smallest absolute Gasteiger partial charge is 0.223 e. The third-order valence-corrected chi connectivity index (χ3v) is 9.86. The van der Waals surface area contributed by atoms with Crippen molar-refractivity contribution < 1.29 is 4.79 Å². The molecule has 0 radical (unpaired) electrons. The van der Waals surface area contributed by atoms with E-state index in [9.17, 15) is 4.79 Å². The van der Waals surface area contributed by atoms with E-state index in [1.54, 1.807) is 0 Å². The van der Waals surface area contributed by atoms with Crippen molar-refractivity contribution in [1.82, 2.24) is 5.32 Å². The second kappa shape index (κ2) is 7.60. The molecule has 0 saturated heterocycles. The van der Waals surface area contributed by atoms with Crippen molar-refractivity contribution >= 4 is 17.7 Å². The SMILES string of the molecule is CSCC12CC3CC(c4ccccc4)(CC1C3C(=O)NC1CCC(CN)CC1)C2. The number of hydrogen-bond acceptors (Lipinski definition) is 3. The number of hydrogen-bond donors (Lipinski definition) is 2. The molecule has 0 heterocycles. The van der Waals surface area contributed by atoms with Gasteiger partial charge < -0.3 is 11.1 Å². The highest BCUT2D eigenvalue weighted by Gasteiger charge is 2.69. The molecule has 3 N–H and O–H groups in total. The molecular weight excluding hydrogens is 376 g/mol. The Hall–Kier alpha value is -1.00. The first-order valence-electron chi connectivity index (χ1n) is 11.6. The lowest BCUT2D eigenvalue weighted by Gasteiger charge is -2.43. The van der Waals surface area contributed by atoms with E-state index in [2.05, 4.69) is 41.9 Å². The largest absolute Gasteiger partial charge is 0.353 e. The minimum absolute atomic E-state index is 0.244. The minimum atomic E-state index is 0.244. The minimum Gasteiger partial charge on any atom is -0.353 e. The van der Waals surface area contributed by atoms with E-state index >= 15 is 0 Å². The molecule has 158 valence electrons. The molecule has 3 nitrogen and oxygen atoms in total. The van der Waals surface area contributed by atoms with Gasteiger partial charge in [-0.3, -0.25) is 4.79 Å². The van der Waals surface area contributed by atoms with Crippen LogP contribution in [0, 0.1) is 29.1 Å². The molecule has 5 aliphatic rings. The average molecular weight is 413 g/mol. The van der Waals surface area contributed by atoms with Crippen molar-refractivity contribution in [3.63, 3.8) is 0 Å². The van der Waals surface area contributed by atoms with Crippen LogP contribution in [0.1, 0.15) is 56.9 Å². The fraction of sp³-hybridized carbons (Fsp3) is 0.720. The Bertz CT molecular complexity index is 746. The zero-order chi connectivity index (χ0) is 20.1. The number of carbonyl (C=O) groups excluding carboxylic acids is 1. The van der Waals surface area contributed by atoms with Crippen LogP contribution < -0.4 is 11.1 Å². The Labute approximate surface area is 180 Å². The molecule has 4 bridgehead atoms. The van der Waals surface area contributed by atoms with Gasteiger partial charge in [-0.1, -0.05) is 30.3 Å². The molecule has 0 spiro atoms.